The summed E-state index contributed by atoms with van der Waals surface area (Å²) in [6, 6.07) is 6.88. The minimum absolute atomic E-state index is 0.306. The molecule has 0 radical (unpaired) electrons. The highest BCUT2D eigenvalue weighted by Gasteiger charge is 2.20. The lowest BCUT2D eigenvalue weighted by Crippen LogP contribution is -2.27. The van der Waals surface area contributed by atoms with E-state index >= 15 is 0 Å². The average molecular weight is 393 g/mol. The van der Waals surface area contributed by atoms with E-state index in [0.717, 1.165) is 61.1 Å². The third kappa shape index (κ3) is 3.72. The van der Waals surface area contributed by atoms with Gasteiger partial charge in [-0.2, -0.15) is 5.10 Å². The number of aromatic nitrogens is 4. The first-order chi connectivity index (χ1) is 14.2. The number of ether oxygens (including phenoxy) is 1. The molecule has 1 aromatic carbocycles. The van der Waals surface area contributed by atoms with Crippen LogP contribution in [-0.2, 0) is 4.74 Å². The van der Waals surface area contributed by atoms with Gasteiger partial charge in [0, 0.05) is 18.1 Å². The molecule has 2 N–H and O–H groups in total. The number of hydrogen-bond acceptors (Lipinski definition) is 6. The van der Waals surface area contributed by atoms with Crippen LogP contribution in [0.1, 0.15) is 42.1 Å². The molecule has 3 aromatic rings. The Labute approximate surface area is 170 Å². The van der Waals surface area contributed by atoms with Crippen molar-refractivity contribution in [1.82, 2.24) is 25.1 Å². The summed E-state index contributed by atoms with van der Waals surface area (Å²) < 4.78 is 7.42. The fourth-order valence-electron chi connectivity index (χ4n) is 4.55. The highest BCUT2D eigenvalue weighted by atomic mass is 16.5. The van der Waals surface area contributed by atoms with Crippen LogP contribution in [0.2, 0.25) is 0 Å². The zero-order chi connectivity index (χ0) is 19.8. The molecule has 0 bridgehead atoms. The van der Waals surface area contributed by atoms with Gasteiger partial charge in [0.1, 0.15) is 11.6 Å². The first-order valence-electron chi connectivity index (χ1n) is 10.6. The monoisotopic (exact) mass is 392 g/mol. The highest BCUT2D eigenvalue weighted by molar-refractivity contribution is 5.82. The highest BCUT2D eigenvalue weighted by Crippen LogP contribution is 2.32. The maximum atomic E-state index is 5.47. The van der Waals surface area contributed by atoms with Gasteiger partial charge >= 0.3 is 0 Å². The number of anilines is 1. The Morgan fingerprint density at radius 3 is 2.76 bits per heavy atom. The first kappa shape index (κ1) is 18.5. The number of aryl methyl sites for hydroxylation is 2. The van der Waals surface area contributed by atoms with Gasteiger partial charge in [-0.15, -0.1) is 0 Å². The van der Waals surface area contributed by atoms with Crippen molar-refractivity contribution in [3.63, 3.8) is 0 Å². The minimum atomic E-state index is 0.306. The maximum absolute atomic E-state index is 5.47. The Morgan fingerprint density at radius 1 is 1.10 bits per heavy atom. The lowest BCUT2D eigenvalue weighted by molar-refractivity contribution is 0.195. The Kier molecular flexibility index (Phi) is 4.93. The van der Waals surface area contributed by atoms with Crippen LogP contribution in [0.25, 0.3) is 16.7 Å². The molecule has 152 valence electrons. The quantitative estimate of drug-likeness (QED) is 0.711. The molecule has 0 aliphatic carbocycles. The molecule has 2 aliphatic heterocycles. The number of benzene rings is 1. The molecule has 1 atom stereocenters. The summed E-state index contributed by atoms with van der Waals surface area (Å²) in [7, 11) is 0. The normalized spacial score (nSPS) is 20.4. The molecule has 1 unspecified atom stereocenters. The van der Waals surface area contributed by atoms with E-state index in [1.807, 2.05) is 23.9 Å². The van der Waals surface area contributed by atoms with Crippen molar-refractivity contribution in [2.45, 2.75) is 45.1 Å². The van der Waals surface area contributed by atoms with Crippen molar-refractivity contribution in [3.8, 4) is 5.82 Å². The molecule has 2 fully saturated rings. The van der Waals surface area contributed by atoms with Gasteiger partial charge in [0.15, 0.2) is 5.82 Å². The fraction of sp³-hybridized carbons (Fsp3) is 0.500. The number of piperidine rings is 1. The van der Waals surface area contributed by atoms with Crippen LogP contribution in [0.4, 0.5) is 5.82 Å². The average Bonchev–Trinajstić information content (AvgIpc) is 3.37. The molecule has 7 heteroatoms. The van der Waals surface area contributed by atoms with Crippen LogP contribution >= 0.6 is 0 Å². The van der Waals surface area contributed by atoms with E-state index in [1.165, 1.54) is 24.0 Å². The van der Waals surface area contributed by atoms with Crippen LogP contribution < -0.4 is 10.6 Å². The second kappa shape index (κ2) is 7.72. The number of nitrogens with zero attached hydrogens (tertiary/aromatic N) is 4. The SMILES string of the molecule is Cc1nc(NC2CCOC2)cc(-n2ncc3cc(C)c(C4CCNCC4)cc32)n1. The summed E-state index contributed by atoms with van der Waals surface area (Å²) in [6.07, 6.45) is 5.31. The molecule has 5 rings (SSSR count). The van der Waals surface area contributed by atoms with Crippen LogP contribution in [0.3, 0.4) is 0 Å². The standard InChI is InChI=1S/C22H28N6O/c1-14-9-17-12-24-28(20(17)10-19(14)16-3-6-23-7-4-16)22-11-21(25-15(2)26-22)27-18-5-8-29-13-18/h9-12,16,18,23H,3-8,13H2,1-2H3,(H,25,26,27). The van der Waals surface area contributed by atoms with Crippen molar-refractivity contribution in [3.05, 3.63) is 41.3 Å². The third-order valence-corrected chi connectivity index (χ3v) is 6.06. The van der Waals surface area contributed by atoms with Crippen molar-refractivity contribution in [2.24, 2.45) is 0 Å². The topological polar surface area (TPSA) is 76.9 Å². The number of nitrogens with one attached hydrogen (secondary N) is 2. The van der Waals surface area contributed by atoms with E-state index in [4.69, 9.17) is 4.74 Å². The van der Waals surface area contributed by atoms with E-state index in [1.54, 1.807) is 0 Å². The molecule has 29 heavy (non-hydrogen) atoms. The summed E-state index contributed by atoms with van der Waals surface area (Å²) in [5.74, 6) is 2.97. The number of rotatable bonds is 4. The van der Waals surface area contributed by atoms with Gasteiger partial charge in [-0.1, -0.05) is 0 Å². The van der Waals surface area contributed by atoms with Gasteiger partial charge in [-0.3, -0.25) is 0 Å². The Bertz CT molecular complexity index is 1020. The van der Waals surface area contributed by atoms with Crippen LogP contribution in [0.5, 0.6) is 0 Å². The lowest BCUT2D eigenvalue weighted by atomic mass is 9.87. The van der Waals surface area contributed by atoms with Crippen LogP contribution in [0.15, 0.2) is 24.4 Å². The summed E-state index contributed by atoms with van der Waals surface area (Å²) >= 11 is 0. The van der Waals surface area contributed by atoms with Gasteiger partial charge in [0.2, 0.25) is 0 Å². The van der Waals surface area contributed by atoms with Crippen LogP contribution in [0, 0.1) is 13.8 Å². The predicted octanol–water partition coefficient (Wildman–Crippen LogP) is 3.10. The van der Waals surface area contributed by atoms with Crippen molar-refractivity contribution < 1.29 is 4.74 Å². The molecule has 0 spiro atoms. The zero-order valence-corrected chi connectivity index (χ0v) is 17.1. The Morgan fingerprint density at radius 2 is 1.97 bits per heavy atom. The van der Waals surface area contributed by atoms with Crippen molar-refractivity contribution >= 4 is 16.7 Å². The lowest BCUT2D eigenvalue weighted by Gasteiger charge is -2.24. The van der Waals surface area contributed by atoms with E-state index in [-0.39, 0.29) is 0 Å². The summed E-state index contributed by atoms with van der Waals surface area (Å²) in [5, 5.41) is 12.8. The second-order valence-electron chi connectivity index (χ2n) is 8.21. The van der Waals surface area contributed by atoms with Gasteiger partial charge < -0.3 is 15.4 Å². The summed E-state index contributed by atoms with van der Waals surface area (Å²) in [5.41, 5.74) is 3.90. The fourth-order valence-corrected chi connectivity index (χ4v) is 4.55. The van der Waals surface area contributed by atoms with Gasteiger partial charge in [0.05, 0.1) is 24.4 Å². The molecular formula is C22H28N6O. The third-order valence-electron chi connectivity index (χ3n) is 6.06. The number of hydrogen-bond donors (Lipinski definition) is 2. The summed E-state index contributed by atoms with van der Waals surface area (Å²) in [6.45, 7) is 7.85. The first-order valence-corrected chi connectivity index (χ1v) is 10.6. The molecule has 2 aliphatic rings. The van der Waals surface area contributed by atoms with Gasteiger partial charge in [-0.25, -0.2) is 14.6 Å². The molecule has 7 nitrogen and oxygen atoms in total. The molecule has 4 heterocycles. The van der Waals surface area contributed by atoms with E-state index in [2.05, 4.69) is 44.8 Å². The minimum Gasteiger partial charge on any atom is -0.379 e. The van der Waals surface area contributed by atoms with Gasteiger partial charge in [0.25, 0.3) is 0 Å². The van der Waals surface area contributed by atoms with E-state index < -0.39 is 0 Å². The molecule has 0 amide bonds. The van der Waals surface area contributed by atoms with Gasteiger partial charge in [-0.05, 0) is 75.4 Å². The van der Waals surface area contributed by atoms with Crippen LogP contribution in [-0.4, -0.2) is 52.1 Å². The van der Waals surface area contributed by atoms with Crippen molar-refractivity contribution in [1.29, 1.82) is 0 Å². The maximum Gasteiger partial charge on any atom is 0.159 e. The van der Waals surface area contributed by atoms with E-state index in [0.29, 0.717) is 12.0 Å². The second-order valence-corrected chi connectivity index (χ2v) is 8.21. The Hall–Kier alpha value is -2.51. The molecule has 0 saturated carbocycles. The molecular weight excluding hydrogens is 364 g/mol. The van der Waals surface area contributed by atoms with Crippen molar-refractivity contribution in [2.75, 3.05) is 31.6 Å². The Balaban J connectivity index is 1.53. The number of fused-ring (bicyclic) bond motifs is 1. The predicted molar refractivity (Wildman–Crippen MR) is 114 cm³/mol. The van der Waals surface area contributed by atoms with E-state index in [9.17, 15) is 0 Å². The zero-order valence-electron chi connectivity index (χ0n) is 17.1. The smallest absolute Gasteiger partial charge is 0.159 e. The molecule has 2 saturated heterocycles. The molecule has 2 aromatic heterocycles. The summed E-state index contributed by atoms with van der Waals surface area (Å²) in [4.78, 5) is 9.24. The largest absolute Gasteiger partial charge is 0.379 e.